The van der Waals surface area contributed by atoms with Crippen LogP contribution in [0.15, 0.2) is 9.08 Å². The molecule has 0 unspecified atom stereocenters. The molecule has 0 saturated carbocycles. The summed E-state index contributed by atoms with van der Waals surface area (Å²) in [6.45, 7) is 0. The first-order chi connectivity index (χ1) is 4.25. The Kier molecular flexibility index (Phi) is 2.22. The van der Waals surface area contributed by atoms with E-state index in [-0.39, 0.29) is 0 Å². The number of hydrogen-bond acceptors (Lipinski definition) is 3. The molecule has 46 valence electrons. The molecule has 1 aromatic rings. The van der Waals surface area contributed by atoms with Gasteiger partial charge in [0.2, 0.25) is 0 Å². The number of halogens is 2. The maximum absolute atomic E-state index is 8.40. The molecule has 0 aromatic carbocycles. The maximum Gasteiger partial charge on any atom is 0.140 e. The van der Waals surface area contributed by atoms with E-state index in [0.29, 0.717) is 9.48 Å². The van der Waals surface area contributed by atoms with Crippen LogP contribution in [0.5, 0.6) is 0 Å². The highest BCUT2D eigenvalue weighted by molar-refractivity contribution is 9.13. The monoisotopic (exact) mass is 266 g/mol. The molecule has 9 heavy (non-hydrogen) atoms. The van der Waals surface area contributed by atoms with Crippen molar-refractivity contribution in [3.05, 3.63) is 14.0 Å². The molecule has 0 atom stereocenters. The quantitative estimate of drug-likeness (QED) is 0.724. The molecule has 1 aromatic heterocycles. The van der Waals surface area contributed by atoms with Gasteiger partial charge in [-0.1, -0.05) is 0 Å². The Morgan fingerprint density at radius 2 is 2.22 bits per heavy atom. The normalized spacial score (nSPS) is 9.00. The van der Waals surface area contributed by atoms with Crippen LogP contribution in [0.4, 0.5) is 0 Å². The van der Waals surface area contributed by atoms with E-state index >= 15 is 0 Å². The number of rotatable bonds is 0. The summed E-state index contributed by atoms with van der Waals surface area (Å²) in [4.78, 5) is 0.599. The summed E-state index contributed by atoms with van der Waals surface area (Å²) in [5.41, 5.74) is 0. The van der Waals surface area contributed by atoms with Gasteiger partial charge in [0, 0.05) is 0 Å². The van der Waals surface area contributed by atoms with Crippen LogP contribution in [0, 0.1) is 11.3 Å². The minimum absolute atomic E-state index is 0.599. The Morgan fingerprint density at radius 1 is 1.56 bits per heavy atom. The van der Waals surface area contributed by atoms with Crippen molar-refractivity contribution in [1.29, 1.82) is 5.26 Å². The fourth-order valence-electron chi connectivity index (χ4n) is 0.329. The number of nitrogens with zero attached hydrogens (tertiary/aromatic N) is 2. The molecule has 0 aliphatic rings. The fourth-order valence-corrected chi connectivity index (χ4v) is 1.87. The van der Waals surface area contributed by atoms with E-state index in [4.69, 9.17) is 5.26 Å². The molecule has 0 radical (unpaired) electrons. The molecule has 0 fully saturated rings. The second kappa shape index (κ2) is 2.78. The first-order valence-corrected chi connectivity index (χ1v) is 4.32. The highest BCUT2D eigenvalue weighted by Crippen LogP contribution is 2.28. The summed E-state index contributed by atoms with van der Waals surface area (Å²) in [6, 6.07) is 2.00. The SMILES string of the molecule is N#Cc1snc(Br)c1Br. The topological polar surface area (TPSA) is 36.7 Å². The lowest BCUT2D eigenvalue weighted by Gasteiger charge is -1.77. The third-order valence-corrected chi connectivity index (χ3v) is 3.83. The van der Waals surface area contributed by atoms with Gasteiger partial charge in [-0.25, -0.2) is 0 Å². The van der Waals surface area contributed by atoms with Gasteiger partial charge < -0.3 is 0 Å². The van der Waals surface area contributed by atoms with Crippen molar-refractivity contribution in [2.24, 2.45) is 0 Å². The average molecular weight is 268 g/mol. The van der Waals surface area contributed by atoms with E-state index in [1.165, 1.54) is 11.5 Å². The zero-order valence-electron chi connectivity index (χ0n) is 4.06. The molecule has 0 spiro atoms. The minimum atomic E-state index is 0.599. The molecule has 2 nitrogen and oxygen atoms in total. The van der Waals surface area contributed by atoms with Crippen LogP contribution in [0.2, 0.25) is 0 Å². The van der Waals surface area contributed by atoms with Gasteiger partial charge in [-0.3, -0.25) is 0 Å². The van der Waals surface area contributed by atoms with Crippen LogP contribution in [0.25, 0.3) is 0 Å². The van der Waals surface area contributed by atoms with Crippen molar-refractivity contribution in [1.82, 2.24) is 4.37 Å². The number of nitriles is 1. The molecular weight excluding hydrogens is 268 g/mol. The van der Waals surface area contributed by atoms with Gasteiger partial charge in [0.15, 0.2) is 0 Å². The second-order valence-corrected chi connectivity index (χ2v) is 3.55. The van der Waals surface area contributed by atoms with Crippen molar-refractivity contribution in [2.75, 3.05) is 0 Å². The summed E-state index contributed by atoms with van der Waals surface area (Å²) in [5.74, 6) is 0. The summed E-state index contributed by atoms with van der Waals surface area (Å²) in [6.07, 6.45) is 0. The number of hydrogen-bond donors (Lipinski definition) is 0. The van der Waals surface area contributed by atoms with Crippen molar-refractivity contribution in [3.63, 3.8) is 0 Å². The van der Waals surface area contributed by atoms with Crippen LogP contribution >= 0.6 is 43.4 Å². The molecule has 5 heteroatoms. The minimum Gasteiger partial charge on any atom is -0.191 e. The zero-order valence-corrected chi connectivity index (χ0v) is 8.05. The summed E-state index contributed by atoms with van der Waals surface area (Å²) in [5, 5.41) is 8.40. The first kappa shape index (κ1) is 7.19. The van der Waals surface area contributed by atoms with E-state index in [0.717, 1.165) is 4.47 Å². The molecule has 0 amide bonds. The van der Waals surface area contributed by atoms with Crippen LogP contribution in [-0.2, 0) is 0 Å². The van der Waals surface area contributed by atoms with Gasteiger partial charge in [0.25, 0.3) is 0 Å². The smallest absolute Gasteiger partial charge is 0.140 e. The molecule has 1 rings (SSSR count). The summed E-state index contributed by atoms with van der Waals surface area (Å²) >= 11 is 7.52. The summed E-state index contributed by atoms with van der Waals surface area (Å²) in [7, 11) is 0. The van der Waals surface area contributed by atoms with Gasteiger partial charge in [-0.05, 0) is 43.4 Å². The van der Waals surface area contributed by atoms with Crippen LogP contribution < -0.4 is 0 Å². The zero-order chi connectivity index (χ0) is 6.85. The Balaban J connectivity index is 3.24. The Hall–Kier alpha value is 0.0800. The largest absolute Gasteiger partial charge is 0.191 e. The lowest BCUT2D eigenvalue weighted by Crippen LogP contribution is -1.62. The van der Waals surface area contributed by atoms with E-state index in [1.54, 1.807) is 0 Å². The predicted molar refractivity (Wildman–Crippen MR) is 42.2 cm³/mol. The van der Waals surface area contributed by atoms with Gasteiger partial charge in [-0.15, -0.1) is 0 Å². The van der Waals surface area contributed by atoms with E-state index in [1.807, 2.05) is 6.07 Å². The summed E-state index contributed by atoms with van der Waals surface area (Å²) < 4.78 is 5.32. The molecule has 0 saturated heterocycles. The van der Waals surface area contributed by atoms with Crippen molar-refractivity contribution in [2.45, 2.75) is 0 Å². The van der Waals surface area contributed by atoms with Crippen LogP contribution in [0.1, 0.15) is 4.88 Å². The predicted octanol–water partition coefficient (Wildman–Crippen LogP) is 2.54. The lowest BCUT2D eigenvalue weighted by molar-refractivity contribution is 1.46. The standard InChI is InChI=1S/C4Br2N2S/c5-3-2(1-7)9-8-4(3)6. The Labute approximate surface area is 72.9 Å². The second-order valence-electron chi connectivity index (χ2n) is 1.23. The highest BCUT2D eigenvalue weighted by Gasteiger charge is 2.06. The van der Waals surface area contributed by atoms with Crippen LogP contribution in [0.3, 0.4) is 0 Å². The van der Waals surface area contributed by atoms with Crippen molar-refractivity contribution < 1.29 is 0 Å². The maximum atomic E-state index is 8.40. The van der Waals surface area contributed by atoms with E-state index in [9.17, 15) is 0 Å². The molecule has 1 heterocycles. The van der Waals surface area contributed by atoms with Crippen LogP contribution in [-0.4, -0.2) is 4.37 Å². The highest BCUT2D eigenvalue weighted by atomic mass is 79.9. The number of aromatic nitrogens is 1. The first-order valence-electron chi connectivity index (χ1n) is 1.96. The van der Waals surface area contributed by atoms with Crippen molar-refractivity contribution >= 4 is 43.4 Å². The van der Waals surface area contributed by atoms with Gasteiger partial charge in [0.05, 0.1) is 4.47 Å². The fraction of sp³-hybridized carbons (Fsp3) is 0. The average Bonchev–Trinajstić information content (AvgIpc) is 2.15. The lowest BCUT2D eigenvalue weighted by atomic mass is 10.5. The van der Waals surface area contributed by atoms with Crippen molar-refractivity contribution in [3.8, 4) is 6.07 Å². The van der Waals surface area contributed by atoms with Gasteiger partial charge in [0.1, 0.15) is 15.5 Å². The molecule has 0 N–H and O–H groups in total. The molecular formula is C4Br2N2S. The van der Waals surface area contributed by atoms with E-state index < -0.39 is 0 Å². The molecule has 0 aliphatic heterocycles. The van der Waals surface area contributed by atoms with E-state index in [2.05, 4.69) is 36.2 Å². The third kappa shape index (κ3) is 1.31. The molecule has 0 bridgehead atoms. The Morgan fingerprint density at radius 3 is 2.44 bits per heavy atom. The third-order valence-electron chi connectivity index (χ3n) is 0.699. The van der Waals surface area contributed by atoms with Gasteiger partial charge in [-0.2, -0.15) is 9.64 Å². The molecule has 0 aliphatic carbocycles. The van der Waals surface area contributed by atoms with Gasteiger partial charge >= 0.3 is 0 Å². The Bertz CT molecular complexity index is 262.